The molecule has 1 N–H and O–H groups in total. The van der Waals surface area contributed by atoms with Crippen LogP contribution in [-0.4, -0.2) is 40.5 Å². The molecular weight excluding hydrogens is 446 g/mol. The van der Waals surface area contributed by atoms with Crippen LogP contribution in [0.15, 0.2) is 24.3 Å². The van der Waals surface area contributed by atoms with Gasteiger partial charge in [0, 0.05) is 12.0 Å². The zero-order valence-electron chi connectivity index (χ0n) is 22.6. The number of rotatable bonds is 9. The van der Waals surface area contributed by atoms with E-state index >= 15 is 0 Å². The Morgan fingerprint density at radius 2 is 1.61 bits per heavy atom. The van der Waals surface area contributed by atoms with Gasteiger partial charge in [-0.3, -0.25) is 9.59 Å². The van der Waals surface area contributed by atoms with E-state index in [4.69, 9.17) is 8.85 Å². The first-order valence-corrected chi connectivity index (χ1v) is 17.9. The number of amides is 1. The molecular formula is C26H45NO4Si2. The first-order valence-electron chi connectivity index (χ1n) is 12.1. The van der Waals surface area contributed by atoms with Gasteiger partial charge in [-0.1, -0.05) is 59.7 Å². The molecule has 1 amide bonds. The van der Waals surface area contributed by atoms with Crippen molar-refractivity contribution in [1.29, 1.82) is 0 Å². The number of benzene rings is 1. The maximum Gasteiger partial charge on any atom is 0.228 e. The second-order valence-electron chi connectivity index (χ2n) is 12.6. The number of ketones is 1. The minimum Gasteiger partial charge on any atom is -0.413 e. The lowest BCUT2D eigenvalue weighted by Gasteiger charge is -2.45. The van der Waals surface area contributed by atoms with Gasteiger partial charge in [0.1, 0.15) is 0 Å². The summed E-state index contributed by atoms with van der Waals surface area (Å²) in [5.74, 6) is -0.262. The van der Waals surface area contributed by atoms with E-state index in [1.807, 2.05) is 31.2 Å². The number of carbonyl (C=O) groups is 2. The second-order valence-corrected chi connectivity index (χ2v) is 22.2. The normalized spacial score (nSPS) is 20.8. The summed E-state index contributed by atoms with van der Waals surface area (Å²) in [5.41, 5.74) is 1.68. The number of hydrogen-bond donors (Lipinski definition) is 1. The molecule has 1 aliphatic heterocycles. The highest BCUT2D eigenvalue weighted by Gasteiger charge is 2.48. The number of β-lactam (4-membered cyclic amide) rings is 1. The van der Waals surface area contributed by atoms with Gasteiger partial charge in [-0.15, -0.1) is 0 Å². The molecule has 0 spiro atoms. The average Bonchev–Trinajstić information content (AvgIpc) is 2.63. The van der Waals surface area contributed by atoms with Gasteiger partial charge in [0.15, 0.2) is 22.4 Å². The van der Waals surface area contributed by atoms with Crippen LogP contribution in [0.3, 0.4) is 0 Å². The summed E-state index contributed by atoms with van der Waals surface area (Å²) in [6.45, 7) is 24.6. The van der Waals surface area contributed by atoms with Crippen LogP contribution in [0, 0.1) is 5.92 Å². The molecule has 0 aliphatic carbocycles. The summed E-state index contributed by atoms with van der Waals surface area (Å²) < 4.78 is 12.8. The van der Waals surface area contributed by atoms with Crippen molar-refractivity contribution in [2.75, 3.05) is 0 Å². The van der Waals surface area contributed by atoms with Gasteiger partial charge in [-0.25, -0.2) is 0 Å². The van der Waals surface area contributed by atoms with E-state index in [0.29, 0.717) is 12.2 Å². The van der Waals surface area contributed by atoms with Gasteiger partial charge in [-0.05, 0) is 54.8 Å². The highest BCUT2D eigenvalue weighted by molar-refractivity contribution is 6.74. The van der Waals surface area contributed by atoms with Gasteiger partial charge >= 0.3 is 0 Å². The van der Waals surface area contributed by atoms with E-state index < -0.39 is 16.6 Å². The molecule has 0 unspecified atom stereocenters. The zero-order chi connectivity index (χ0) is 25.4. The predicted molar refractivity (Wildman–Crippen MR) is 141 cm³/mol. The van der Waals surface area contributed by atoms with Crippen LogP contribution in [0.4, 0.5) is 0 Å². The Morgan fingerprint density at radius 3 is 2.12 bits per heavy atom. The first kappa shape index (κ1) is 28.0. The van der Waals surface area contributed by atoms with Gasteiger partial charge in [-0.2, -0.15) is 0 Å². The molecule has 2 rings (SSSR count). The Bertz CT molecular complexity index is 868. The quantitative estimate of drug-likeness (QED) is 0.250. The van der Waals surface area contributed by atoms with Crippen molar-refractivity contribution in [3.05, 3.63) is 35.4 Å². The van der Waals surface area contributed by atoms with Crippen LogP contribution in [0.25, 0.3) is 0 Å². The molecule has 33 heavy (non-hydrogen) atoms. The van der Waals surface area contributed by atoms with Crippen molar-refractivity contribution >= 4 is 28.3 Å². The van der Waals surface area contributed by atoms with E-state index in [9.17, 15) is 9.59 Å². The van der Waals surface area contributed by atoms with E-state index in [0.717, 1.165) is 5.56 Å². The van der Waals surface area contributed by atoms with Crippen molar-refractivity contribution in [3.8, 4) is 0 Å². The Kier molecular flexibility index (Phi) is 8.27. The zero-order valence-corrected chi connectivity index (χ0v) is 24.6. The van der Waals surface area contributed by atoms with E-state index in [2.05, 4.69) is 73.0 Å². The van der Waals surface area contributed by atoms with Crippen molar-refractivity contribution in [3.63, 3.8) is 0 Å². The summed E-state index contributed by atoms with van der Waals surface area (Å²) in [5, 5.41) is 3.14. The molecule has 3 atom stereocenters. The van der Waals surface area contributed by atoms with Crippen molar-refractivity contribution in [2.24, 2.45) is 5.92 Å². The first-order chi connectivity index (χ1) is 14.9. The van der Waals surface area contributed by atoms with Crippen LogP contribution in [-0.2, 0) is 20.3 Å². The Morgan fingerprint density at radius 1 is 1.03 bits per heavy atom. The van der Waals surface area contributed by atoms with Crippen LogP contribution < -0.4 is 5.32 Å². The predicted octanol–water partition coefficient (Wildman–Crippen LogP) is 6.31. The maximum atomic E-state index is 13.1. The molecule has 1 saturated heterocycles. The fourth-order valence-electron chi connectivity index (χ4n) is 3.52. The minimum atomic E-state index is -2.00. The van der Waals surface area contributed by atoms with E-state index in [-0.39, 0.29) is 46.3 Å². The lowest BCUT2D eigenvalue weighted by atomic mass is 9.82. The molecule has 0 bridgehead atoms. The number of nitrogens with one attached hydrogen (secondary N) is 1. The number of Topliss-reactive ketones (excluding diaryl/α,β-unsaturated/α-hetero) is 1. The third-order valence-corrected chi connectivity index (χ3v) is 17.0. The SMILES string of the molecule is C[C@H](O[Si](C)(C)C(C)(C)C)[C@H]1C(=O)N[C@@H]1CC(=O)c1cccc(CO[Si](C)(C)C(C)(C)C)c1. The number of hydrogen-bond acceptors (Lipinski definition) is 4. The van der Waals surface area contributed by atoms with Crippen molar-refractivity contribution in [1.82, 2.24) is 5.32 Å². The third kappa shape index (κ3) is 6.65. The molecule has 1 aromatic rings. The van der Waals surface area contributed by atoms with Gasteiger partial charge in [0.2, 0.25) is 5.91 Å². The monoisotopic (exact) mass is 491 g/mol. The highest BCUT2D eigenvalue weighted by atomic mass is 28.4. The Balaban J connectivity index is 2.03. The summed E-state index contributed by atoms with van der Waals surface area (Å²) >= 11 is 0. The number of carbonyl (C=O) groups excluding carboxylic acids is 2. The third-order valence-electron chi connectivity index (χ3n) is 7.92. The molecule has 0 aromatic heterocycles. The molecule has 0 saturated carbocycles. The highest BCUT2D eigenvalue weighted by Crippen LogP contribution is 2.39. The fourth-order valence-corrected chi connectivity index (χ4v) is 5.91. The minimum absolute atomic E-state index is 0.0180. The maximum absolute atomic E-state index is 13.1. The molecule has 1 aromatic carbocycles. The molecule has 5 nitrogen and oxygen atoms in total. The molecule has 7 heteroatoms. The molecule has 1 aliphatic rings. The van der Waals surface area contributed by atoms with E-state index in [1.165, 1.54) is 0 Å². The standard InChI is InChI=1S/C26H45NO4Si2/c1-18(31-33(10,11)26(5,6)7)23-21(27-24(23)29)16-22(28)20-14-12-13-19(15-20)17-30-32(8,9)25(2,3)4/h12-15,18,21,23H,16-17H2,1-11H3,(H,27,29)/t18-,21+,23+/m0/s1. The molecule has 0 radical (unpaired) electrons. The van der Waals surface area contributed by atoms with Crippen LogP contribution in [0.2, 0.25) is 36.3 Å². The summed E-state index contributed by atoms with van der Waals surface area (Å²) in [6, 6.07) is 7.52. The summed E-state index contributed by atoms with van der Waals surface area (Å²) in [4.78, 5) is 25.4. The lowest BCUT2D eigenvalue weighted by Crippen LogP contribution is -2.64. The largest absolute Gasteiger partial charge is 0.413 e. The van der Waals surface area contributed by atoms with Crippen molar-refractivity contribution in [2.45, 2.75) is 110 Å². The smallest absolute Gasteiger partial charge is 0.228 e. The Labute approximate surface area is 203 Å². The van der Waals surface area contributed by atoms with Crippen LogP contribution >= 0.6 is 0 Å². The van der Waals surface area contributed by atoms with Crippen LogP contribution in [0.1, 0.15) is 70.8 Å². The van der Waals surface area contributed by atoms with Gasteiger partial charge in [0.05, 0.1) is 24.7 Å². The Hall–Kier alpha value is -1.29. The molecule has 1 fully saturated rings. The molecule has 186 valence electrons. The topological polar surface area (TPSA) is 64.6 Å². The van der Waals surface area contributed by atoms with Gasteiger partial charge in [0.25, 0.3) is 0 Å². The summed E-state index contributed by atoms with van der Waals surface area (Å²) in [7, 11) is -3.86. The lowest BCUT2D eigenvalue weighted by molar-refractivity contribution is -0.139. The second kappa shape index (κ2) is 9.76. The van der Waals surface area contributed by atoms with Gasteiger partial charge < -0.3 is 14.2 Å². The van der Waals surface area contributed by atoms with Crippen LogP contribution in [0.5, 0.6) is 0 Å². The summed E-state index contributed by atoms with van der Waals surface area (Å²) in [6.07, 6.45) is 0.0792. The molecule has 1 heterocycles. The fraction of sp³-hybridized carbons (Fsp3) is 0.692. The van der Waals surface area contributed by atoms with E-state index in [1.54, 1.807) is 0 Å². The average molecular weight is 492 g/mol. The van der Waals surface area contributed by atoms with Crippen molar-refractivity contribution < 1.29 is 18.4 Å².